The van der Waals surface area contributed by atoms with Crippen molar-refractivity contribution in [2.75, 3.05) is 5.75 Å². The molecule has 12 heteroatoms. The minimum atomic E-state index is -1.26. The van der Waals surface area contributed by atoms with E-state index in [0.29, 0.717) is 5.69 Å². The number of nitrogens with one attached hydrogen (secondary N) is 4. The number of imidazole rings is 1. The van der Waals surface area contributed by atoms with Gasteiger partial charge in [0.05, 0.1) is 12.4 Å². The van der Waals surface area contributed by atoms with Crippen molar-refractivity contribution in [2.24, 2.45) is 5.73 Å². The summed E-state index contributed by atoms with van der Waals surface area (Å²) in [5.41, 5.74) is 8.35. The Morgan fingerprint density at radius 2 is 1.31 bits per heavy atom. The Kier molecular flexibility index (Phi) is 11.1. The second-order valence-electron chi connectivity index (χ2n) is 8.97. The third-order valence-electron chi connectivity index (χ3n) is 5.96. The van der Waals surface area contributed by atoms with E-state index in [1.165, 1.54) is 12.5 Å². The van der Waals surface area contributed by atoms with E-state index in [9.17, 15) is 24.3 Å². The van der Waals surface area contributed by atoms with Gasteiger partial charge in [-0.05, 0) is 17.5 Å². The fraction of sp³-hybridized carbons (Fsp3) is 0.296. The van der Waals surface area contributed by atoms with Crippen molar-refractivity contribution in [1.82, 2.24) is 25.9 Å². The van der Waals surface area contributed by atoms with Gasteiger partial charge in [-0.3, -0.25) is 14.4 Å². The number of aromatic nitrogens is 2. The second kappa shape index (κ2) is 14.7. The molecule has 0 spiro atoms. The van der Waals surface area contributed by atoms with Crippen molar-refractivity contribution in [2.45, 2.75) is 43.4 Å². The van der Waals surface area contributed by atoms with E-state index >= 15 is 0 Å². The number of aliphatic carboxylic acids is 1. The number of nitrogens with zero attached hydrogens (tertiary/aromatic N) is 1. The van der Waals surface area contributed by atoms with Gasteiger partial charge in [-0.1, -0.05) is 60.7 Å². The van der Waals surface area contributed by atoms with Crippen molar-refractivity contribution in [1.29, 1.82) is 0 Å². The number of rotatable bonds is 14. The van der Waals surface area contributed by atoms with Gasteiger partial charge >= 0.3 is 5.97 Å². The Morgan fingerprint density at radius 1 is 0.795 bits per heavy atom. The molecule has 0 saturated carbocycles. The summed E-state index contributed by atoms with van der Waals surface area (Å²) in [4.78, 5) is 57.7. The molecule has 2 aromatic carbocycles. The molecule has 1 heterocycles. The Bertz CT molecular complexity index is 1230. The number of benzene rings is 2. The highest BCUT2D eigenvalue weighted by Crippen LogP contribution is 2.08. The first kappa shape index (κ1) is 29.4. The van der Waals surface area contributed by atoms with Crippen molar-refractivity contribution >= 4 is 36.3 Å². The number of hydrogen-bond acceptors (Lipinski definition) is 7. The van der Waals surface area contributed by atoms with Gasteiger partial charge in [-0.15, -0.1) is 0 Å². The molecule has 0 fully saturated rings. The number of carboxylic acid groups (broad SMARTS) is 1. The summed E-state index contributed by atoms with van der Waals surface area (Å²) in [7, 11) is 0. The lowest BCUT2D eigenvalue weighted by Gasteiger charge is -2.25. The highest BCUT2D eigenvalue weighted by molar-refractivity contribution is 7.80. The zero-order valence-electron chi connectivity index (χ0n) is 21.1. The van der Waals surface area contributed by atoms with Crippen LogP contribution < -0.4 is 21.7 Å². The Balaban J connectivity index is 1.78. The molecular formula is C27H32N6O5S. The summed E-state index contributed by atoms with van der Waals surface area (Å²) in [6.45, 7) is 0. The summed E-state index contributed by atoms with van der Waals surface area (Å²) in [6, 6.07) is 14.0. The van der Waals surface area contributed by atoms with Crippen molar-refractivity contribution in [3.8, 4) is 0 Å². The van der Waals surface area contributed by atoms with Crippen molar-refractivity contribution in [3.63, 3.8) is 0 Å². The number of nitrogens with two attached hydrogens (primary N) is 1. The van der Waals surface area contributed by atoms with Crippen molar-refractivity contribution in [3.05, 3.63) is 90.0 Å². The highest BCUT2D eigenvalue weighted by atomic mass is 32.1. The number of H-pyrrole nitrogens is 1. The smallest absolute Gasteiger partial charge is 0.327 e. The number of carbonyl (C=O) groups excluding carboxylic acids is 3. The first-order chi connectivity index (χ1) is 18.8. The number of carboxylic acids is 1. The third-order valence-corrected chi connectivity index (χ3v) is 6.33. The average molecular weight is 553 g/mol. The standard InChI is InChI=1S/C27H32N6O5S/c28-20(11-17-7-3-1-4-8-17)24(34)31-21(12-18-9-5-2-6-10-18)25(35)32-22(13-19-14-29-16-30-19)26(36)33-23(15-39)27(37)38/h1-10,14,16,20-23,39H,11-13,15,28H2,(H,29,30)(H,31,34)(H,32,35)(H,33,36)(H,37,38). The molecule has 3 amide bonds. The van der Waals surface area contributed by atoms with Crippen LogP contribution in [0.5, 0.6) is 0 Å². The fourth-order valence-corrected chi connectivity index (χ4v) is 4.10. The zero-order valence-corrected chi connectivity index (χ0v) is 22.0. The molecule has 0 radical (unpaired) electrons. The van der Waals surface area contributed by atoms with Crippen LogP contribution >= 0.6 is 12.6 Å². The van der Waals surface area contributed by atoms with Crippen LogP contribution in [0.2, 0.25) is 0 Å². The molecule has 0 bridgehead atoms. The first-order valence-electron chi connectivity index (χ1n) is 12.3. The maximum Gasteiger partial charge on any atom is 0.327 e. The van der Waals surface area contributed by atoms with Gasteiger partial charge in [-0.2, -0.15) is 12.6 Å². The quantitative estimate of drug-likeness (QED) is 0.140. The van der Waals surface area contributed by atoms with Crippen LogP contribution in [0.15, 0.2) is 73.2 Å². The van der Waals surface area contributed by atoms with E-state index in [4.69, 9.17) is 5.73 Å². The molecular weight excluding hydrogens is 520 g/mol. The van der Waals surface area contributed by atoms with E-state index in [2.05, 4.69) is 38.5 Å². The molecule has 0 aliphatic rings. The van der Waals surface area contributed by atoms with Gasteiger partial charge in [-0.25, -0.2) is 9.78 Å². The predicted molar refractivity (Wildman–Crippen MR) is 148 cm³/mol. The molecule has 7 N–H and O–H groups in total. The van der Waals surface area contributed by atoms with Gasteiger partial charge in [0.25, 0.3) is 0 Å². The minimum absolute atomic E-state index is 0.00993. The molecule has 11 nitrogen and oxygen atoms in total. The van der Waals surface area contributed by atoms with E-state index in [1.54, 1.807) is 0 Å². The van der Waals surface area contributed by atoms with Crippen LogP contribution in [0, 0.1) is 0 Å². The molecule has 3 rings (SSSR count). The van der Waals surface area contributed by atoms with Gasteiger partial charge in [0.1, 0.15) is 18.1 Å². The second-order valence-corrected chi connectivity index (χ2v) is 9.34. The summed E-state index contributed by atoms with van der Waals surface area (Å²) in [6.07, 6.45) is 3.34. The van der Waals surface area contributed by atoms with Gasteiger partial charge in [0.15, 0.2) is 0 Å². The van der Waals surface area contributed by atoms with E-state index in [-0.39, 0.29) is 25.0 Å². The number of thiol groups is 1. The summed E-state index contributed by atoms with van der Waals surface area (Å²) in [5, 5.41) is 17.1. The van der Waals surface area contributed by atoms with Crippen LogP contribution in [0.3, 0.4) is 0 Å². The van der Waals surface area contributed by atoms with Crippen LogP contribution in [-0.4, -0.2) is 68.7 Å². The molecule has 206 valence electrons. The number of amides is 3. The van der Waals surface area contributed by atoms with E-state index < -0.39 is 47.9 Å². The zero-order chi connectivity index (χ0) is 28.2. The Hall–Kier alpha value is -4.16. The maximum absolute atomic E-state index is 13.5. The van der Waals surface area contributed by atoms with Gasteiger partial charge in [0, 0.05) is 30.5 Å². The molecule has 39 heavy (non-hydrogen) atoms. The molecule has 0 aliphatic heterocycles. The van der Waals surface area contributed by atoms with Gasteiger partial charge in [0.2, 0.25) is 17.7 Å². The Labute approximate surface area is 231 Å². The van der Waals surface area contributed by atoms with E-state index in [0.717, 1.165) is 11.1 Å². The monoisotopic (exact) mass is 552 g/mol. The molecule has 3 aromatic rings. The molecule has 4 unspecified atom stereocenters. The van der Waals surface area contributed by atoms with Gasteiger partial charge < -0.3 is 31.8 Å². The fourth-order valence-electron chi connectivity index (χ4n) is 3.85. The first-order valence-corrected chi connectivity index (χ1v) is 13.0. The lowest BCUT2D eigenvalue weighted by molar-refractivity contribution is -0.141. The van der Waals surface area contributed by atoms with Crippen LogP contribution in [0.1, 0.15) is 16.8 Å². The summed E-state index contributed by atoms with van der Waals surface area (Å²) >= 11 is 3.98. The molecule has 0 saturated heterocycles. The topological polar surface area (TPSA) is 179 Å². The summed E-state index contributed by atoms with van der Waals surface area (Å²) < 4.78 is 0. The van der Waals surface area contributed by atoms with Crippen LogP contribution in [-0.2, 0) is 38.4 Å². The number of carbonyl (C=O) groups is 4. The average Bonchev–Trinajstić information content (AvgIpc) is 3.45. The van der Waals surface area contributed by atoms with Crippen LogP contribution in [0.25, 0.3) is 0 Å². The normalized spacial score (nSPS) is 13.9. The number of aromatic amines is 1. The van der Waals surface area contributed by atoms with Crippen LogP contribution in [0.4, 0.5) is 0 Å². The SMILES string of the molecule is NC(Cc1ccccc1)C(=O)NC(Cc1ccccc1)C(=O)NC(Cc1cnc[nH]1)C(=O)NC(CS)C(=O)O. The molecule has 0 aliphatic carbocycles. The number of hydrogen-bond donors (Lipinski definition) is 7. The molecule has 4 atom stereocenters. The largest absolute Gasteiger partial charge is 0.480 e. The lowest BCUT2D eigenvalue weighted by atomic mass is 10.0. The maximum atomic E-state index is 13.5. The predicted octanol–water partition coefficient (Wildman–Crippen LogP) is 0.234. The Morgan fingerprint density at radius 3 is 1.82 bits per heavy atom. The highest BCUT2D eigenvalue weighted by Gasteiger charge is 2.30. The third kappa shape index (κ3) is 9.27. The van der Waals surface area contributed by atoms with E-state index in [1.807, 2.05) is 60.7 Å². The molecule has 1 aromatic heterocycles. The lowest BCUT2D eigenvalue weighted by Crippen LogP contribution is -2.58. The minimum Gasteiger partial charge on any atom is -0.480 e. The summed E-state index contributed by atoms with van der Waals surface area (Å²) in [5.74, 6) is -3.27. The van der Waals surface area contributed by atoms with Crippen molar-refractivity contribution < 1.29 is 24.3 Å².